The number of halogens is 1. The summed E-state index contributed by atoms with van der Waals surface area (Å²) in [5.74, 6) is -0.224. The summed E-state index contributed by atoms with van der Waals surface area (Å²) in [6.07, 6.45) is 5.93. The monoisotopic (exact) mass is 483 g/mol. The van der Waals surface area contributed by atoms with E-state index in [-0.39, 0.29) is 30.1 Å². The second-order valence-corrected chi connectivity index (χ2v) is 9.25. The zero-order valence-electron chi connectivity index (χ0n) is 16.3. The van der Waals surface area contributed by atoms with Crippen LogP contribution >= 0.6 is 27.3 Å². The van der Waals surface area contributed by atoms with E-state index in [4.69, 9.17) is 4.98 Å². The molecule has 0 saturated carbocycles. The highest BCUT2D eigenvalue weighted by atomic mass is 79.9. The summed E-state index contributed by atoms with van der Waals surface area (Å²) >= 11 is 5.03. The average Bonchev–Trinajstić information content (AvgIpc) is 3.19. The lowest BCUT2D eigenvalue weighted by Gasteiger charge is -2.26. The number of nitrogens with one attached hydrogen (secondary N) is 2. The van der Waals surface area contributed by atoms with Crippen molar-refractivity contribution in [1.29, 1.82) is 0 Å². The molecule has 0 aliphatic heterocycles. The summed E-state index contributed by atoms with van der Waals surface area (Å²) in [6, 6.07) is 15.5. The van der Waals surface area contributed by atoms with Gasteiger partial charge >= 0.3 is 0 Å². The van der Waals surface area contributed by atoms with Crippen molar-refractivity contribution in [3.8, 4) is 0 Å². The van der Waals surface area contributed by atoms with E-state index >= 15 is 0 Å². The number of carbonyl (C=O) groups is 2. The number of thiazole rings is 1. The third-order valence-electron chi connectivity index (χ3n) is 5.18. The highest BCUT2D eigenvalue weighted by molar-refractivity contribution is 9.10. The second kappa shape index (κ2) is 9.53. The number of anilines is 1. The number of rotatable bonds is 6. The van der Waals surface area contributed by atoms with E-state index in [1.165, 1.54) is 0 Å². The van der Waals surface area contributed by atoms with Crippen LogP contribution in [-0.4, -0.2) is 23.3 Å². The molecule has 0 saturated heterocycles. The maximum atomic E-state index is 12.9. The zero-order valence-corrected chi connectivity index (χ0v) is 18.7. The summed E-state index contributed by atoms with van der Waals surface area (Å²) in [5, 5.41) is 6.80. The van der Waals surface area contributed by atoms with Crippen LogP contribution in [0.3, 0.4) is 0 Å². The van der Waals surface area contributed by atoms with Crippen LogP contribution < -0.4 is 10.6 Å². The number of hydrogen-bond donors (Lipinski definition) is 2. The lowest BCUT2D eigenvalue weighted by atomic mass is 9.82. The van der Waals surface area contributed by atoms with E-state index in [0.29, 0.717) is 13.0 Å². The molecule has 2 aromatic carbocycles. The summed E-state index contributed by atoms with van der Waals surface area (Å²) < 4.78 is 2.10. The molecule has 4 rings (SSSR count). The van der Waals surface area contributed by atoms with Gasteiger partial charge in [-0.2, -0.15) is 0 Å². The van der Waals surface area contributed by atoms with Crippen LogP contribution in [0.2, 0.25) is 0 Å². The van der Waals surface area contributed by atoms with Crippen molar-refractivity contribution in [2.75, 3.05) is 11.9 Å². The quantitative estimate of drug-likeness (QED) is 0.470. The van der Waals surface area contributed by atoms with Crippen molar-refractivity contribution in [1.82, 2.24) is 10.3 Å². The summed E-state index contributed by atoms with van der Waals surface area (Å²) in [4.78, 5) is 29.8. The minimum Gasteiger partial charge on any atom is -0.355 e. The fraction of sp³-hybridized carbons (Fsp3) is 0.261. The Morgan fingerprint density at radius 1 is 1.07 bits per heavy atom. The standard InChI is InChI=1S/C23H22BrN3O2S/c24-15-9-11-16(12-10-15)26-21(28)13-14-25-22(29)17-5-1-2-6-18(17)23-27-19-7-3-4-8-20(19)30-23/h1-4,7-12,17-18H,5-6,13-14H2,(H,25,29)(H,26,28). The fourth-order valence-corrected chi connectivity index (χ4v) is 5.02. The fourth-order valence-electron chi connectivity index (χ4n) is 3.61. The Balaban J connectivity index is 1.34. The molecule has 3 aromatic rings. The lowest BCUT2D eigenvalue weighted by Crippen LogP contribution is -2.36. The van der Waals surface area contributed by atoms with Gasteiger partial charge in [0.05, 0.1) is 21.1 Å². The molecule has 0 radical (unpaired) electrons. The van der Waals surface area contributed by atoms with Crippen LogP contribution in [0.4, 0.5) is 5.69 Å². The topological polar surface area (TPSA) is 71.1 Å². The predicted octanol–water partition coefficient (Wildman–Crippen LogP) is 5.25. The molecule has 1 heterocycles. The number of para-hydroxylation sites is 1. The summed E-state index contributed by atoms with van der Waals surface area (Å²) in [7, 11) is 0. The molecule has 1 aliphatic carbocycles. The number of fused-ring (bicyclic) bond motifs is 1. The maximum absolute atomic E-state index is 12.9. The van der Waals surface area contributed by atoms with Gasteiger partial charge < -0.3 is 10.6 Å². The van der Waals surface area contributed by atoms with E-state index in [1.54, 1.807) is 11.3 Å². The Morgan fingerprint density at radius 3 is 2.63 bits per heavy atom. The van der Waals surface area contributed by atoms with Gasteiger partial charge in [0.1, 0.15) is 0 Å². The molecular formula is C23H22BrN3O2S. The number of nitrogens with zero attached hydrogens (tertiary/aromatic N) is 1. The van der Waals surface area contributed by atoms with Crippen molar-refractivity contribution < 1.29 is 9.59 Å². The molecule has 2 N–H and O–H groups in total. The van der Waals surface area contributed by atoms with E-state index < -0.39 is 0 Å². The molecule has 30 heavy (non-hydrogen) atoms. The molecule has 2 atom stereocenters. The minimum absolute atomic E-state index is 0.0138. The normalized spacial score (nSPS) is 18.3. The summed E-state index contributed by atoms with van der Waals surface area (Å²) in [5.41, 5.74) is 1.72. The first-order valence-corrected chi connectivity index (χ1v) is 11.5. The van der Waals surface area contributed by atoms with Crippen molar-refractivity contribution in [3.63, 3.8) is 0 Å². The van der Waals surface area contributed by atoms with Gasteiger partial charge in [0, 0.05) is 29.0 Å². The predicted molar refractivity (Wildman–Crippen MR) is 125 cm³/mol. The molecule has 0 bridgehead atoms. The van der Waals surface area contributed by atoms with Gasteiger partial charge in [0.2, 0.25) is 11.8 Å². The Kier molecular flexibility index (Phi) is 6.59. The van der Waals surface area contributed by atoms with Crippen LogP contribution in [0.25, 0.3) is 10.2 Å². The molecule has 2 amide bonds. The molecule has 0 fully saturated rings. The van der Waals surface area contributed by atoms with E-state index in [0.717, 1.165) is 31.8 Å². The van der Waals surface area contributed by atoms with Gasteiger partial charge in [-0.05, 0) is 49.2 Å². The van der Waals surface area contributed by atoms with Gasteiger partial charge in [0.25, 0.3) is 0 Å². The first kappa shape index (κ1) is 20.8. The third kappa shape index (κ3) is 4.96. The van der Waals surface area contributed by atoms with Gasteiger partial charge in [0.15, 0.2) is 0 Å². The van der Waals surface area contributed by atoms with Crippen molar-refractivity contribution in [3.05, 3.63) is 70.2 Å². The van der Waals surface area contributed by atoms with Crippen LogP contribution in [-0.2, 0) is 9.59 Å². The number of aromatic nitrogens is 1. The number of benzene rings is 2. The van der Waals surface area contributed by atoms with E-state index in [1.807, 2.05) is 42.5 Å². The van der Waals surface area contributed by atoms with Gasteiger partial charge in [-0.1, -0.05) is 40.2 Å². The molecule has 1 aliphatic rings. The van der Waals surface area contributed by atoms with Gasteiger partial charge in [-0.15, -0.1) is 11.3 Å². The van der Waals surface area contributed by atoms with Crippen molar-refractivity contribution in [2.45, 2.75) is 25.2 Å². The lowest BCUT2D eigenvalue weighted by molar-refractivity contribution is -0.125. The van der Waals surface area contributed by atoms with E-state index in [9.17, 15) is 9.59 Å². The zero-order chi connectivity index (χ0) is 20.9. The first-order chi connectivity index (χ1) is 14.6. The highest BCUT2D eigenvalue weighted by Gasteiger charge is 2.32. The number of amides is 2. The molecular weight excluding hydrogens is 462 g/mol. The number of allylic oxidation sites excluding steroid dienone is 2. The number of hydrogen-bond acceptors (Lipinski definition) is 4. The Hall–Kier alpha value is -2.51. The van der Waals surface area contributed by atoms with Gasteiger partial charge in [-0.25, -0.2) is 4.98 Å². The molecule has 0 spiro atoms. The largest absolute Gasteiger partial charge is 0.355 e. The maximum Gasteiger partial charge on any atom is 0.226 e. The van der Waals surface area contributed by atoms with Crippen LogP contribution in [0.1, 0.15) is 30.2 Å². The van der Waals surface area contributed by atoms with Crippen LogP contribution in [0, 0.1) is 5.92 Å². The summed E-state index contributed by atoms with van der Waals surface area (Å²) in [6.45, 7) is 0.313. The molecule has 1 aromatic heterocycles. The Morgan fingerprint density at radius 2 is 1.83 bits per heavy atom. The van der Waals surface area contributed by atoms with Crippen LogP contribution in [0.15, 0.2) is 65.2 Å². The Labute approximate surface area is 187 Å². The van der Waals surface area contributed by atoms with Crippen molar-refractivity contribution in [2.24, 2.45) is 5.92 Å². The van der Waals surface area contributed by atoms with Crippen LogP contribution in [0.5, 0.6) is 0 Å². The smallest absolute Gasteiger partial charge is 0.226 e. The van der Waals surface area contributed by atoms with E-state index in [2.05, 4.69) is 44.8 Å². The molecule has 7 heteroatoms. The first-order valence-electron chi connectivity index (χ1n) is 9.94. The minimum atomic E-state index is -0.162. The third-order valence-corrected chi connectivity index (χ3v) is 6.87. The second-order valence-electron chi connectivity index (χ2n) is 7.27. The SMILES string of the molecule is O=C(CCNC(=O)C1CC=CCC1c1nc2ccccc2s1)Nc1ccc(Br)cc1. The molecule has 2 unspecified atom stereocenters. The molecule has 5 nitrogen and oxygen atoms in total. The highest BCUT2D eigenvalue weighted by Crippen LogP contribution is 2.38. The van der Waals surface area contributed by atoms with Gasteiger partial charge in [-0.3, -0.25) is 9.59 Å². The Bertz CT molecular complexity index is 1040. The molecule has 154 valence electrons. The average molecular weight is 484 g/mol. The van der Waals surface area contributed by atoms with Crippen molar-refractivity contribution >= 4 is 55.0 Å². The number of carbonyl (C=O) groups excluding carboxylic acids is 2.